The molecule has 0 aliphatic heterocycles. The molecular formula is C13H18O6. The van der Waals surface area contributed by atoms with E-state index < -0.39 is 12.1 Å². The van der Waals surface area contributed by atoms with Crippen LogP contribution >= 0.6 is 0 Å². The van der Waals surface area contributed by atoms with E-state index in [1.54, 1.807) is 12.1 Å². The first-order valence-electron chi connectivity index (χ1n) is 5.73. The van der Waals surface area contributed by atoms with Crippen molar-refractivity contribution in [2.75, 3.05) is 21.3 Å². The maximum atomic E-state index is 10.6. The van der Waals surface area contributed by atoms with Crippen molar-refractivity contribution in [1.29, 1.82) is 0 Å². The van der Waals surface area contributed by atoms with Gasteiger partial charge in [-0.2, -0.15) is 0 Å². The molecule has 1 atom stereocenters. The molecule has 2 N–H and O–H groups in total. The van der Waals surface area contributed by atoms with Crippen LogP contribution in [0.15, 0.2) is 12.1 Å². The fourth-order valence-electron chi connectivity index (χ4n) is 1.77. The van der Waals surface area contributed by atoms with Gasteiger partial charge in [-0.15, -0.1) is 0 Å². The quantitative estimate of drug-likeness (QED) is 0.783. The minimum atomic E-state index is -0.980. The summed E-state index contributed by atoms with van der Waals surface area (Å²) in [5.74, 6) is 0.358. The summed E-state index contributed by atoms with van der Waals surface area (Å²) in [4.78, 5) is 10.6. The molecular weight excluding hydrogens is 252 g/mol. The number of carboxylic acids is 1. The summed E-state index contributed by atoms with van der Waals surface area (Å²) in [7, 11) is 4.43. The minimum Gasteiger partial charge on any atom is -0.496 e. The van der Waals surface area contributed by atoms with E-state index in [1.807, 2.05) is 0 Å². The van der Waals surface area contributed by atoms with Gasteiger partial charge in [-0.3, -0.25) is 4.79 Å². The zero-order valence-corrected chi connectivity index (χ0v) is 11.2. The molecule has 6 nitrogen and oxygen atoms in total. The average molecular weight is 270 g/mol. The highest BCUT2D eigenvalue weighted by Gasteiger charge is 2.21. The molecule has 0 radical (unpaired) electrons. The van der Waals surface area contributed by atoms with E-state index in [-0.39, 0.29) is 12.8 Å². The van der Waals surface area contributed by atoms with E-state index in [0.29, 0.717) is 22.8 Å². The number of aliphatic hydroxyl groups excluding tert-OH is 1. The van der Waals surface area contributed by atoms with E-state index >= 15 is 0 Å². The number of hydrogen-bond acceptors (Lipinski definition) is 5. The van der Waals surface area contributed by atoms with Crippen LogP contribution in [0, 0.1) is 0 Å². The molecule has 0 fully saturated rings. The molecule has 1 aromatic rings. The molecule has 1 aromatic carbocycles. The molecule has 0 aromatic heterocycles. The predicted octanol–water partition coefficient (Wildman–Crippen LogP) is 1.61. The van der Waals surface area contributed by atoms with E-state index in [4.69, 9.17) is 19.3 Å². The lowest BCUT2D eigenvalue weighted by atomic mass is 10.0. The van der Waals surface area contributed by atoms with Gasteiger partial charge in [-0.05, 0) is 6.42 Å². The maximum Gasteiger partial charge on any atom is 0.303 e. The first kappa shape index (κ1) is 15.1. The highest BCUT2D eigenvalue weighted by Crippen LogP contribution is 2.39. The number of benzene rings is 1. The fraction of sp³-hybridized carbons (Fsp3) is 0.462. The molecule has 0 saturated heterocycles. The maximum absolute atomic E-state index is 10.6. The first-order chi connectivity index (χ1) is 9.03. The van der Waals surface area contributed by atoms with E-state index in [1.165, 1.54) is 21.3 Å². The normalized spacial score (nSPS) is 11.8. The van der Waals surface area contributed by atoms with Crippen molar-refractivity contribution < 1.29 is 29.2 Å². The van der Waals surface area contributed by atoms with Crippen LogP contribution in [0.3, 0.4) is 0 Å². The lowest BCUT2D eigenvalue weighted by Crippen LogP contribution is -2.06. The van der Waals surface area contributed by atoms with Gasteiger partial charge in [0.1, 0.15) is 17.2 Å². The SMILES string of the molecule is COc1cc(OC)c(C(O)CCC(=O)O)c(OC)c1. The van der Waals surface area contributed by atoms with Gasteiger partial charge in [-0.1, -0.05) is 0 Å². The third kappa shape index (κ3) is 3.75. The predicted molar refractivity (Wildman–Crippen MR) is 67.9 cm³/mol. The molecule has 19 heavy (non-hydrogen) atoms. The summed E-state index contributed by atoms with van der Waals surface area (Å²) in [6, 6.07) is 3.23. The second kappa shape index (κ2) is 6.84. The molecule has 0 heterocycles. The summed E-state index contributed by atoms with van der Waals surface area (Å²) >= 11 is 0. The monoisotopic (exact) mass is 270 g/mol. The number of methoxy groups -OCH3 is 3. The average Bonchev–Trinajstić information content (AvgIpc) is 2.42. The summed E-state index contributed by atoms with van der Waals surface area (Å²) in [6.07, 6.45) is -1.04. The molecule has 106 valence electrons. The Morgan fingerprint density at radius 2 is 1.68 bits per heavy atom. The number of carboxylic acid groups (broad SMARTS) is 1. The topological polar surface area (TPSA) is 85.2 Å². The lowest BCUT2D eigenvalue weighted by Gasteiger charge is -2.18. The van der Waals surface area contributed by atoms with Gasteiger partial charge >= 0.3 is 5.97 Å². The number of aliphatic hydroxyl groups is 1. The molecule has 1 unspecified atom stereocenters. The molecule has 0 bridgehead atoms. The summed E-state index contributed by atoms with van der Waals surface area (Å²) in [6.45, 7) is 0. The smallest absolute Gasteiger partial charge is 0.303 e. The number of ether oxygens (including phenoxy) is 3. The van der Waals surface area contributed by atoms with Gasteiger partial charge in [-0.25, -0.2) is 0 Å². The second-order valence-corrected chi connectivity index (χ2v) is 3.89. The Morgan fingerprint density at radius 3 is 2.05 bits per heavy atom. The molecule has 0 saturated carbocycles. The Balaban J connectivity index is 3.12. The van der Waals surface area contributed by atoms with Gasteiger partial charge in [0.15, 0.2) is 0 Å². The number of rotatable bonds is 7. The van der Waals surface area contributed by atoms with Crippen LogP contribution in [0.4, 0.5) is 0 Å². The zero-order chi connectivity index (χ0) is 14.4. The van der Waals surface area contributed by atoms with Crippen molar-refractivity contribution in [1.82, 2.24) is 0 Å². The highest BCUT2D eigenvalue weighted by atomic mass is 16.5. The van der Waals surface area contributed by atoms with E-state index in [2.05, 4.69) is 0 Å². The molecule has 6 heteroatoms. The van der Waals surface area contributed by atoms with Crippen molar-refractivity contribution in [2.24, 2.45) is 0 Å². The van der Waals surface area contributed by atoms with Gasteiger partial charge in [0.05, 0.1) is 33.0 Å². The number of carbonyl (C=O) groups is 1. The summed E-state index contributed by atoms with van der Waals surface area (Å²) in [5, 5.41) is 18.7. The Hall–Kier alpha value is -1.95. The molecule has 1 rings (SSSR count). The van der Waals surface area contributed by atoms with Crippen LogP contribution in [-0.4, -0.2) is 37.5 Å². The lowest BCUT2D eigenvalue weighted by molar-refractivity contribution is -0.137. The zero-order valence-electron chi connectivity index (χ0n) is 11.2. The van der Waals surface area contributed by atoms with E-state index in [9.17, 15) is 9.90 Å². The standard InChI is InChI=1S/C13H18O6/c1-17-8-6-10(18-2)13(11(7-8)19-3)9(14)4-5-12(15)16/h6-7,9,14H,4-5H2,1-3H3,(H,15,16). The fourth-order valence-corrected chi connectivity index (χ4v) is 1.77. The molecule has 0 aliphatic carbocycles. The van der Waals surface area contributed by atoms with Crippen LogP contribution in [0.25, 0.3) is 0 Å². The molecule has 0 amide bonds. The van der Waals surface area contributed by atoms with Gasteiger partial charge in [0, 0.05) is 18.6 Å². The Bertz CT molecular complexity index is 418. The van der Waals surface area contributed by atoms with Gasteiger partial charge < -0.3 is 24.4 Å². The van der Waals surface area contributed by atoms with Crippen LogP contribution in [0.2, 0.25) is 0 Å². The third-order valence-electron chi connectivity index (χ3n) is 2.72. The molecule has 0 spiro atoms. The van der Waals surface area contributed by atoms with Crippen molar-refractivity contribution >= 4 is 5.97 Å². The van der Waals surface area contributed by atoms with Crippen molar-refractivity contribution in [3.05, 3.63) is 17.7 Å². The van der Waals surface area contributed by atoms with Crippen LogP contribution in [0.1, 0.15) is 24.5 Å². The minimum absolute atomic E-state index is 0.0778. The Kier molecular flexibility index (Phi) is 5.44. The van der Waals surface area contributed by atoms with Crippen LogP contribution in [-0.2, 0) is 4.79 Å². The summed E-state index contributed by atoms with van der Waals surface area (Å²) in [5.41, 5.74) is 0.423. The third-order valence-corrected chi connectivity index (χ3v) is 2.72. The number of hydrogen-bond donors (Lipinski definition) is 2. The van der Waals surface area contributed by atoms with Gasteiger partial charge in [0.2, 0.25) is 0 Å². The van der Waals surface area contributed by atoms with Crippen molar-refractivity contribution in [3.63, 3.8) is 0 Å². The largest absolute Gasteiger partial charge is 0.496 e. The van der Waals surface area contributed by atoms with Crippen LogP contribution < -0.4 is 14.2 Å². The van der Waals surface area contributed by atoms with Crippen molar-refractivity contribution in [2.45, 2.75) is 18.9 Å². The van der Waals surface area contributed by atoms with Gasteiger partial charge in [0.25, 0.3) is 0 Å². The molecule has 0 aliphatic rings. The Labute approximate surface area is 111 Å². The highest BCUT2D eigenvalue weighted by molar-refractivity contribution is 5.66. The van der Waals surface area contributed by atoms with E-state index in [0.717, 1.165) is 0 Å². The van der Waals surface area contributed by atoms with Crippen molar-refractivity contribution in [3.8, 4) is 17.2 Å². The summed E-state index contributed by atoms with van der Waals surface area (Å²) < 4.78 is 15.5. The Morgan fingerprint density at radius 1 is 1.16 bits per heavy atom. The first-order valence-corrected chi connectivity index (χ1v) is 5.73. The van der Waals surface area contributed by atoms with Crippen LogP contribution in [0.5, 0.6) is 17.2 Å². The second-order valence-electron chi connectivity index (χ2n) is 3.89. The number of aliphatic carboxylic acids is 1.